The van der Waals surface area contributed by atoms with Crippen molar-refractivity contribution >= 4 is 0 Å². The van der Waals surface area contributed by atoms with Crippen LogP contribution in [0, 0.1) is 18.3 Å². The second kappa shape index (κ2) is 5.40. The van der Waals surface area contributed by atoms with Gasteiger partial charge in [-0.25, -0.2) is 0 Å². The van der Waals surface area contributed by atoms with E-state index in [1.165, 1.54) is 6.07 Å². The highest BCUT2D eigenvalue weighted by molar-refractivity contribution is 5.42. The number of hydrogen-bond donors (Lipinski definition) is 0. The quantitative estimate of drug-likeness (QED) is 0.842. The van der Waals surface area contributed by atoms with Crippen LogP contribution >= 0.6 is 0 Å². The normalized spacial score (nSPS) is 9.95. The molecule has 0 unspecified atom stereocenters. The Labute approximate surface area is 111 Å². The van der Waals surface area contributed by atoms with E-state index < -0.39 is 0 Å². The van der Waals surface area contributed by atoms with Crippen molar-refractivity contribution < 1.29 is 4.74 Å². The summed E-state index contributed by atoms with van der Waals surface area (Å²) in [5.41, 5.74) is 2.18. The first-order valence-electron chi connectivity index (χ1n) is 5.89. The minimum absolute atomic E-state index is 0.0654. The second-order valence-corrected chi connectivity index (χ2v) is 4.23. The smallest absolute Gasteiger partial charge is 0.251 e. The highest BCUT2D eigenvalue weighted by Gasteiger charge is 2.07. The third-order valence-electron chi connectivity index (χ3n) is 3.01. The van der Waals surface area contributed by atoms with Gasteiger partial charge in [0.15, 0.2) is 0 Å². The Hall–Kier alpha value is -2.54. The lowest BCUT2D eigenvalue weighted by molar-refractivity contribution is 0.408. The van der Waals surface area contributed by atoms with Crippen molar-refractivity contribution in [2.75, 3.05) is 7.11 Å². The van der Waals surface area contributed by atoms with Crippen molar-refractivity contribution in [1.82, 2.24) is 4.57 Å². The SMILES string of the molecule is COc1ccc(C#N)cc1Cn1c(C)cccc1=O. The Morgan fingerprint density at radius 3 is 2.74 bits per heavy atom. The lowest BCUT2D eigenvalue weighted by atomic mass is 10.1. The van der Waals surface area contributed by atoms with Gasteiger partial charge in [-0.3, -0.25) is 4.79 Å². The molecule has 0 spiro atoms. The maximum atomic E-state index is 11.9. The Kier molecular flexibility index (Phi) is 3.67. The molecule has 0 N–H and O–H groups in total. The lowest BCUT2D eigenvalue weighted by Crippen LogP contribution is -2.21. The van der Waals surface area contributed by atoms with Crippen molar-refractivity contribution in [3.05, 3.63) is 63.6 Å². The Balaban J connectivity index is 2.49. The standard InChI is InChI=1S/C15H14N2O2/c1-11-4-3-5-15(18)17(11)10-13-8-12(9-16)6-7-14(13)19-2/h3-8H,10H2,1-2H3. The fourth-order valence-electron chi connectivity index (χ4n) is 1.97. The van der Waals surface area contributed by atoms with Crippen LogP contribution in [0.5, 0.6) is 5.75 Å². The Morgan fingerprint density at radius 2 is 2.11 bits per heavy atom. The number of rotatable bonds is 3. The van der Waals surface area contributed by atoms with Crippen molar-refractivity contribution in [2.24, 2.45) is 0 Å². The van der Waals surface area contributed by atoms with E-state index in [4.69, 9.17) is 10.00 Å². The molecule has 4 nitrogen and oxygen atoms in total. The van der Waals surface area contributed by atoms with Gasteiger partial charge >= 0.3 is 0 Å². The van der Waals surface area contributed by atoms with Gasteiger partial charge in [-0.2, -0.15) is 5.26 Å². The molecular weight excluding hydrogens is 240 g/mol. The summed E-state index contributed by atoms with van der Waals surface area (Å²) in [4.78, 5) is 11.9. The number of pyridine rings is 1. The largest absolute Gasteiger partial charge is 0.496 e. The monoisotopic (exact) mass is 254 g/mol. The first-order valence-corrected chi connectivity index (χ1v) is 5.89. The molecule has 0 fully saturated rings. The van der Waals surface area contributed by atoms with E-state index in [-0.39, 0.29) is 5.56 Å². The molecule has 19 heavy (non-hydrogen) atoms. The van der Waals surface area contributed by atoms with Crippen LogP contribution in [0.3, 0.4) is 0 Å². The average Bonchev–Trinajstić information content (AvgIpc) is 2.42. The summed E-state index contributed by atoms with van der Waals surface area (Å²) in [7, 11) is 1.57. The maximum absolute atomic E-state index is 11.9. The highest BCUT2D eigenvalue weighted by Crippen LogP contribution is 2.20. The predicted molar refractivity (Wildman–Crippen MR) is 72.3 cm³/mol. The number of aryl methyl sites for hydroxylation is 1. The van der Waals surface area contributed by atoms with E-state index in [0.29, 0.717) is 17.9 Å². The number of benzene rings is 1. The molecule has 2 rings (SSSR count). The second-order valence-electron chi connectivity index (χ2n) is 4.23. The zero-order valence-electron chi connectivity index (χ0n) is 10.9. The third kappa shape index (κ3) is 2.66. The van der Waals surface area contributed by atoms with E-state index >= 15 is 0 Å². The number of nitrogens with zero attached hydrogens (tertiary/aromatic N) is 2. The van der Waals surface area contributed by atoms with E-state index in [1.54, 1.807) is 35.9 Å². The van der Waals surface area contributed by atoms with Gasteiger partial charge in [0.25, 0.3) is 5.56 Å². The van der Waals surface area contributed by atoms with Crippen LogP contribution in [0.15, 0.2) is 41.2 Å². The van der Waals surface area contributed by atoms with Crippen LogP contribution in [0.1, 0.15) is 16.8 Å². The molecule has 2 aromatic rings. The predicted octanol–water partition coefficient (Wildman–Crippen LogP) is 2.09. The van der Waals surface area contributed by atoms with Crippen molar-refractivity contribution in [3.63, 3.8) is 0 Å². The molecule has 1 aromatic carbocycles. The zero-order valence-corrected chi connectivity index (χ0v) is 10.9. The summed E-state index contributed by atoms with van der Waals surface area (Å²) < 4.78 is 6.92. The number of ether oxygens (including phenoxy) is 1. The number of nitriles is 1. The summed E-state index contributed by atoms with van der Waals surface area (Å²) in [5.74, 6) is 0.675. The van der Waals surface area contributed by atoms with E-state index in [2.05, 4.69) is 6.07 Å². The van der Waals surface area contributed by atoms with Crippen LogP contribution in [0.2, 0.25) is 0 Å². The minimum atomic E-state index is -0.0654. The zero-order chi connectivity index (χ0) is 13.8. The lowest BCUT2D eigenvalue weighted by Gasteiger charge is -2.12. The number of hydrogen-bond acceptors (Lipinski definition) is 3. The molecular formula is C15H14N2O2. The molecule has 0 aliphatic carbocycles. The molecule has 0 atom stereocenters. The fourth-order valence-corrected chi connectivity index (χ4v) is 1.97. The van der Waals surface area contributed by atoms with E-state index in [0.717, 1.165) is 11.3 Å². The molecule has 96 valence electrons. The van der Waals surface area contributed by atoms with Gasteiger partial charge in [0, 0.05) is 17.3 Å². The molecule has 4 heteroatoms. The Morgan fingerprint density at radius 1 is 1.32 bits per heavy atom. The van der Waals surface area contributed by atoms with Gasteiger partial charge < -0.3 is 9.30 Å². The van der Waals surface area contributed by atoms with Crippen molar-refractivity contribution in [3.8, 4) is 11.8 Å². The van der Waals surface area contributed by atoms with E-state index in [9.17, 15) is 4.79 Å². The summed E-state index contributed by atoms with van der Waals surface area (Å²) in [6.07, 6.45) is 0. The molecule has 0 radical (unpaired) electrons. The van der Waals surface area contributed by atoms with Crippen LogP contribution in [-0.2, 0) is 6.54 Å². The first-order chi connectivity index (χ1) is 9.15. The third-order valence-corrected chi connectivity index (χ3v) is 3.01. The van der Waals surface area contributed by atoms with Gasteiger partial charge in [-0.05, 0) is 31.2 Å². The van der Waals surface area contributed by atoms with Crippen molar-refractivity contribution in [2.45, 2.75) is 13.5 Å². The van der Waals surface area contributed by atoms with Gasteiger partial charge in [0.1, 0.15) is 5.75 Å². The molecule has 1 aromatic heterocycles. The average molecular weight is 254 g/mol. The Bertz CT molecular complexity index is 696. The highest BCUT2D eigenvalue weighted by atomic mass is 16.5. The minimum Gasteiger partial charge on any atom is -0.496 e. The molecule has 0 saturated carbocycles. The van der Waals surface area contributed by atoms with Crippen LogP contribution in [0.4, 0.5) is 0 Å². The number of methoxy groups -OCH3 is 1. The van der Waals surface area contributed by atoms with Gasteiger partial charge in [-0.15, -0.1) is 0 Å². The molecule has 0 bridgehead atoms. The molecule has 0 aliphatic rings. The summed E-state index contributed by atoms with van der Waals surface area (Å²) >= 11 is 0. The van der Waals surface area contributed by atoms with Crippen LogP contribution in [0.25, 0.3) is 0 Å². The molecule has 1 heterocycles. The summed E-state index contributed by atoms with van der Waals surface area (Å²) in [5, 5.41) is 8.94. The fraction of sp³-hybridized carbons (Fsp3) is 0.200. The van der Waals surface area contributed by atoms with E-state index in [1.807, 2.05) is 13.0 Å². The van der Waals surface area contributed by atoms with Gasteiger partial charge in [0.2, 0.25) is 0 Å². The maximum Gasteiger partial charge on any atom is 0.251 e. The molecule has 0 saturated heterocycles. The molecule has 0 amide bonds. The summed E-state index contributed by atoms with van der Waals surface area (Å²) in [6, 6.07) is 12.4. The van der Waals surface area contributed by atoms with Gasteiger partial charge in [0.05, 0.1) is 25.3 Å². The van der Waals surface area contributed by atoms with Crippen molar-refractivity contribution in [1.29, 1.82) is 5.26 Å². The van der Waals surface area contributed by atoms with Crippen LogP contribution in [-0.4, -0.2) is 11.7 Å². The molecule has 0 aliphatic heterocycles. The van der Waals surface area contributed by atoms with Gasteiger partial charge in [-0.1, -0.05) is 6.07 Å². The topological polar surface area (TPSA) is 55.0 Å². The first kappa shape index (κ1) is 12.9. The van der Waals surface area contributed by atoms with Crippen LogP contribution < -0.4 is 10.3 Å². The number of aromatic nitrogens is 1. The summed E-state index contributed by atoms with van der Waals surface area (Å²) in [6.45, 7) is 2.27.